The lowest BCUT2D eigenvalue weighted by Gasteiger charge is -2.10. The first-order valence-corrected chi connectivity index (χ1v) is 11.8. The third kappa shape index (κ3) is 13.6. The van der Waals surface area contributed by atoms with E-state index in [-0.39, 0.29) is 0 Å². The lowest BCUT2D eigenvalue weighted by atomic mass is 10.1. The van der Waals surface area contributed by atoms with Crippen LogP contribution in [0.1, 0.15) is 30.5 Å². The number of ether oxygens (including phenoxy) is 3. The maximum atomic E-state index is 9.10. The third-order valence-corrected chi connectivity index (χ3v) is 4.78. The molecule has 0 aromatic heterocycles. The van der Waals surface area contributed by atoms with E-state index in [1.165, 1.54) is 5.56 Å². The van der Waals surface area contributed by atoms with Crippen LogP contribution in [-0.4, -0.2) is 56.1 Å². The second-order valence-electron chi connectivity index (χ2n) is 8.03. The molecule has 0 aliphatic rings. The van der Waals surface area contributed by atoms with Crippen LogP contribution in [0.25, 0.3) is 0 Å². The zero-order valence-electron chi connectivity index (χ0n) is 22.4. The Labute approximate surface area is 224 Å². The summed E-state index contributed by atoms with van der Waals surface area (Å²) in [6.07, 6.45) is 0.978. The van der Waals surface area contributed by atoms with Crippen molar-refractivity contribution >= 4 is 11.9 Å². The lowest BCUT2D eigenvalue weighted by Crippen LogP contribution is -2.24. The highest BCUT2D eigenvalue weighted by Gasteiger charge is 2.04. The van der Waals surface area contributed by atoms with Crippen LogP contribution in [0.2, 0.25) is 0 Å². The molecule has 0 saturated carbocycles. The number of hydrogen-bond donors (Lipinski definition) is 3. The number of hydrogen-bond acceptors (Lipinski definition) is 6. The maximum absolute atomic E-state index is 9.10. The van der Waals surface area contributed by atoms with Crippen LogP contribution in [-0.2, 0) is 16.0 Å². The summed E-state index contributed by atoms with van der Waals surface area (Å²) >= 11 is 0. The monoisotopic (exact) mass is 521 g/mol. The zero-order valence-corrected chi connectivity index (χ0v) is 22.4. The molecule has 0 saturated heterocycles. The Kier molecular flexibility index (Phi) is 14.8. The van der Waals surface area contributed by atoms with Gasteiger partial charge in [0.2, 0.25) is 0 Å². The fourth-order valence-corrected chi connectivity index (χ4v) is 2.86. The van der Waals surface area contributed by atoms with Crippen molar-refractivity contribution in [1.29, 1.82) is 0 Å². The molecule has 3 aromatic rings. The molecule has 0 radical (unpaired) electrons. The highest BCUT2D eigenvalue weighted by atomic mass is 16.5. The van der Waals surface area contributed by atoms with Crippen molar-refractivity contribution in [3.8, 4) is 29.1 Å². The Morgan fingerprint density at radius 1 is 0.737 bits per heavy atom. The van der Waals surface area contributed by atoms with E-state index >= 15 is 0 Å². The Morgan fingerprint density at radius 3 is 1.63 bits per heavy atom. The van der Waals surface area contributed by atoms with Gasteiger partial charge in [-0.05, 0) is 67.1 Å². The van der Waals surface area contributed by atoms with Gasteiger partial charge in [0.1, 0.15) is 17.2 Å². The quantitative estimate of drug-likeness (QED) is 0.308. The molecule has 8 heteroatoms. The summed E-state index contributed by atoms with van der Waals surface area (Å²) in [7, 11) is 5.00. The molecular weight excluding hydrogens is 486 g/mol. The molecule has 8 nitrogen and oxygen atoms in total. The van der Waals surface area contributed by atoms with Gasteiger partial charge in [0.15, 0.2) is 0 Å². The Morgan fingerprint density at radius 2 is 1.21 bits per heavy atom. The molecule has 0 heterocycles. The van der Waals surface area contributed by atoms with Crippen LogP contribution in [0.5, 0.6) is 17.2 Å². The first-order valence-electron chi connectivity index (χ1n) is 11.8. The summed E-state index contributed by atoms with van der Waals surface area (Å²) in [6.45, 7) is 5.26. The van der Waals surface area contributed by atoms with E-state index in [1.54, 1.807) is 21.3 Å². The number of carboxylic acid groups (broad SMARTS) is 2. The Balaban J connectivity index is 0.000000315. The van der Waals surface area contributed by atoms with Crippen molar-refractivity contribution in [1.82, 2.24) is 5.32 Å². The molecule has 3 rings (SSSR count). The van der Waals surface area contributed by atoms with E-state index in [4.69, 9.17) is 34.0 Å². The standard InChI is InChI=1S/C15H12O.C13H21NO2.C2H2O4/c1-16-15-11-9-14(10-12-15)8-7-13-5-3-2-4-6-13;1-10(2)14-6-5-11-7-12(15-3)9-13(8-11)16-4;3-1(4)2(5)6/h2-6,9-12H,1H3;7-10,14H,5-6H2,1-4H3;(H,3,4)(H,5,6). The Hall–Kier alpha value is -4.48. The highest BCUT2D eigenvalue weighted by molar-refractivity contribution is 6.27. The van der Waals surface area contributed by atoms with Crippen LogP contribution in [0, 0.1) is 11.8 Å². The molecule has 3 N–H and O–H groups in total. The van der Waals surface area contributed by atoms with E-state index in [2.05, 4.69) is 31.0 Å². The normalized spacial score (nSPS) is 9.42. The van der Waals surface area contributed by atoms with E-state index < -0.39 is 11.9 Å². The van der Waals surface area contributed by atoms with Gasteiger partial charge in [-0.2, -0.15) is 0 Å². The minimum absolute atomic E-state index is 0.521. The number of benzene rings is 3. The minimum atomic E-state index is -1.82. The second-order valence-corrected chi connectivity index (χ2v) is 8.03. The Bertz CT molecular complexity index is 1150. The molecule has 38 heavy (non-hydrogen) atoms. The predicted molar refractivity (Wildman–Crippen MR) is 147 cm³/mol. The molecule has 0 spiro atoms. The van der Waals surface area contributed by atoms with Crippen molar-refractivity contribution < 1.29 is 34.0 Å². The van der Waals surface area contributed by atoms with Crippen molar-refractivity contribution in [2.24, 2.45) is 0 Å². The van der Waals surface area contributed by atoms with E-state index in [0.717, 1.165) is 41.3 Å². The molecule has 0 bridgehead atoms. The second kappa shape index (κ2) is 17.9. The number of carboxylic acids is 2. The van der Waals surface area contributed by atoms with E-state index in [9.17, 15) is 0 Å². The lowest BCUT2D eigenvalue weighted by molar-refractivity contribution is -0.159. The summed E-state index contributed by atoms with van der Waals surface area (Å²) in [5.41, 5.74) is 3.24. The van der Waals surface area contributed by atoms with Gasteiger partial charge in [0.25, 0.3) is 0 Å². The number of nitrogens with one attached hydrogen (secondary N) is 1. The molecular formula is C30H35NO7. The van der Waals surface area contributed by atoms with Gasteiger partial charge in [-0.3, -0.25) is 0 Å². The molecule has 0 amide bonds. The smallest absolute Gasteiger partial charge is 0.414 e. The van der Waals surface area contributed by atoms with Crippen molar-refractivity contribution in [2.75, 3.05) is 27.9 Å². The molecule has 3 aromatic carbocycles. The fraction of sp³-hybridized carbons (Fsp3) is 0.267. The summed E-state index contributed by atoms with van der Waals surface area (Å²) in [5.74, 6) is 5.11. The van der Waals surface area contributed by atoms with E-state index in [1.807, 2.05) is 72.8 Å². The van der Waals surface area contributed by atoms with E-state index in [0.29, 0.717) is 6.04 Å². The molecule has 0 aliphatic heterocycles. The van der Waals surface area contributed by atoms with Crippen LogP contribution in [0.4, 0.5) is 0 Å². The van der Waals surface area contributed by atoms with Crippen molar-refractivity contribution in [3.05, 3.63) is 89.5 Å². The van der Waals surface area contributed by atoms with Crippen molar-refractivity contribution in [2.45, 2.75) is 26.3 Å². The number of carbonyl (C=O) groups is 2. The molecule has 0 fully saturated rings. The zero-order chi connectivity index (χ0) is 28.3. The van der Waals surface area contributed by atoms with Crippen LogP contribution < -0.4 is 19.5 Å². The average molecular weight is 522 g/mol. The van der Waals surface area contributed by atoms with Gasteiger partial charge < -0.3 is 29.7 Å². The van der Waals surface area contributed by atoms with Gasteiger partial charge in [0, 0.05) is 23.2 Å². The van der Waals surface area contributed by atoms with Gasteiger partial charge in [-0.25, -0.2) is 9.59 Å². The van der Waals surface area contributed by atoms with Crippen LogP contribution in [0.15, 0.2) is 72.8 Å². The topological polar surface area (TPSA) is 114 Å². The van der Waals surface area contributed by atoms with Gasteiger partial charge in [-0.15, -0.1) is 0 Å². The summed E-state index contributed by atoms with van der Waals surface area (Å²) in [6, 6.07) is 24.2. The van der Waals surface area contributed by atoms with Crippen LogP contribution in [0.3, 0.4) is 0 Å². The molecule has 202 valence electrons. The highest BCUT2D eigenvalue weighted by Crippen LogP contribution is 2.22. The molecule has 0 aliphatic carbocycles. The third-order valence-electron chi connectivity index (χ3n) is 4.78. The SMILES string of the molecule is COc1cc(CCNC(C)C)cc(OC)c1.COc1ccc(C#Cc2ccccc2)cc1.O=C(O)C(=O)O. The van der Waals surface area contributed by atoms with Gasteiger partial charge in [0.05, 0.1) is 21.3 Å². The van der Waals surface area contributed by atoms with Crippen molar-refractivity contribution in [3.63, 3.8) is 0 Å². The first-order chi connectivity index (χ1) is 18.2. The maximum Gasteiger partial charge on any atom is 0.414 e. The summed E-state index contributed by atoms with van der Waals surface area (Å²) in [5, 5.41) is 18.2. The van der Waals surface area contributed by atoms with Gasteiger partial charge >= 0.3 is 11.9 Å². The summed E-state index contributed by atoms with van der Waals surface area (Å²) in [4.78, 5) is 18.2. The fourth-order valence-electron chi connectivity index (χ4n) is 2.86. The van der Waals surface area contributed by atoms with Gasteiger partial charge in [-0.1, -0.05) is 43.9 Å². The summed E-state index contributed by atoms with van der Waals surface area (Å²) < 4.78 is 15.5. The average Bonchev–Trinajstić information content (AvgIpc) is 2.93. The number of rotatable bonds is 7. The largest absolute Gasteiger partial charge is 0.497 e. The first kappa shape index (κ1) is 31.5. The molecule has 0 unspecified atom stereocenters. The minimum Gasteiger partial charge on any atom is -0.497 e. The number of aliphatic carboxylic acids is 2. The van der Waals surface area contributed by atoms with Crippen LogP contribution >= 0.6 is 0 Å². The molecule has 0 atom stereocenters. The predicted octanol–water partition coefficient (Wildman–Crippen LogP) is 4.49. The number of methoxy groups -OCH3 is 3.